The first kappa shape index (κ1) is 13.3. The van der Waals surface area contributed by atoms with Crippen LogP contribution in [-0.2, 0) is 7.05 Å². The highest BCUT2D eigenvalue weighted by Crippen LogP contribution is 2.23. The van der Waals surface area contributed by atoms with Gasteiger partial charge < -0.3 is 10.6 Å². The average Bonchev–Trinajstić information content (AvgIpc) is 2.77. The normalized spacial score (nSPS) is 10.5. The topological polar surface area (TPSA) is 67.7 Å². The van der Waals surface area contributed by atoms with Crippen LogP contribution < -0.4 is 10.6 Å². The summed E-state index contributed by atoms with van der Waals surface area (Å²) in [5.41, 5.74) is 1.94. The summed E-state index contributed by atoms with van der Waals surface area (Å²) in [5.74, 6) is 2.45. The first-order valence-corrected chi connectivity index (χ1v) is 6.45. The van der Waals surface area contributed by atoms with Crippen LogP contribution in [0, 0.1) is 13.8 Å². The summed E-state index contributed by atoms with van der Waals surface area (Å²) in [6, 6.07) is 0. The molecule has 2 N–H and O–H groups in total. The fourth-order valence-electron chi connectivity index (χ4n) is 1.79. The van der Waals surface area contributed by atoms with Crippen molar-refractivity contribution in [1.82, 2.24) is 19.7 Å². The molecular formula is C13H20N6. The number of hydrogen-bond acceptors (Lipinski definition) is 5. The largest absolute Gasteiger partial charge is 0.370 e. The van der Waals surface area contributed by atoms with Crippen LogP contribution in [0.15, 0.2) is 12.4 Å². The SMILES string of the molecule is CCCNc1nc(C)nc(Nc2cnn(C)c2)c1C. The lowest BCUT2D eigenvalue weighted by atomic mass is 10.3. The fraction of sp³-hybridized carbons (Fsp3) is 0.462. The molecule has 0 radical (unpaired) electrons. The van der Waals surface area contributed by atoms with E-state index in [-0.39, 0.29) is 0 Å². The maximum Gasteiger partial charge on any atom is 0.139 e. The Labute approximate surface area is 113 Å². The van der Waals surface area contributed by atoms with E-state index in [4.69, 9.17) is 0 Å². The van der Waals surface area contributed by atoms with Crippen molar-refractivity contribution in [2.75, 3.05) is 17.2 Å². The third-order valence-corrected chi connectivity index (χ3v) is 2.77. The molecule has 2 rings (SSSR count). The Bertz CT molecular complexity index is 560. The second-order valence-corrected chi connectivity index (χ2v) is 4.55. The Hall–Kier alpha value is -2.11. The van der Waals surface area contributed by atoms with E-state index < -0.39 is 0 Å². The van der Waals surface area contributed by atoms with E-state index in [1.165, 1.54) is 0 Å². The van der Waals surface area contributed by atoms with Gasteiger partial charge in [0.1, 0.15) is 17.5 Å². The molecule has 0 spiro atoms. The Kier molecular flexibility index (Phi) is 3.99. The van der Waals surface area contributed by atoms with E-state index in [1.54, 1.807) is 10.9 Å². The van der Waals surface area contributed by atoms with Gasteiger partial charge >= 0.3 is 0 Å². The monoisotopic (exact) mass is 260 g/mol. The zero-order chi connectivity index (χ0) is 13.8. The van der Waals surface area contributed by atoms with E-state index in [1.807, 2.05) is 27.1 Å². The lowest BCUT2D eigenvalue weighted by Gasteiger charge is -2.13. The smallest absolute Gasteiger partial charge is 0.139 e. The van der Waals surface area contributed by atoms with Gasteiger partial charge in [-0.25, -0.2) is 9.97 Å². The van der Waals surface area contributed by atoms with E-state index in [0.29, 0.717) is 0 Å². The molecule has 0 saturated heterocycles. The summed E-state index contributed by atoms with van der Waals surface area (Å²) in [4.78, 5) is 8.88. The molecule has 6 nitrogen and oxygen atoms in total. The highest BCUT2D eigenvalue weighted by molar-refractivity contribution is 5.63. The predicted octanol–water partition coefficient (Wildman–Crippen LogP) is 2.39. The lowest BCUT2D eigenvalue weighted by Crippen LogP contribution is -2.08. The van der Waals surface area contributed by atoms with Crippen LogP contribution in [-0.4, -0.2) is 26.3 Å². The van der Waals surface area contributed by atoms with Gasteiger partial charge in [-0.3, -0.25) is 4.68 Å². The summed E-state index contributed by atoms with van der Waals surface area (Å²) in [6.45, 7) is 6.94. The first-order chi connectivity index (χ1) is 9.10. The van der Waals surface area contributed by atoms with Crippen LogP contribution in [0.4, 0.5) is 17.3 Å². The van der Waals surface area contributed by atoms with Crippen molar-refractivity contribution in [1.29, 1.82) is 0 Å². The molecule has 19 heavy (non-hydrogen) atoms. The van der Waals surface area contributed by atoms with Gasteiger partial charge in [0.15, 0.2) is 0 Å². The molecule has 6 heteroatoms. The molecule has 0 amide bonds. The van der Waals surface area contributed by atoms with Crippen molar-refractivity contribution in [3.8, 4) is 0 Å². The number of anilines is 3. The van der Waals surface area contributed by atoms with Crippen molar-refractivity contribution in [2.45, 2.75) is 27.2 Å². The van der Waals surface area contributed by atoms with Crippen LogP contribution in [0.5, 0.6) is 0 Å². The second-order valence-electron chi connectivity index (χ2n) is 4.55. The Morgan fingerprint density at radius 2 is 1.95 bits per heavy atom. The highest BCUT2D eigenvalue weighted by Gasteiger charge is 2.09. The van der Waals surface area contributed by atoms with Crippen LogP contribution in [0.1, 0.15) is 24.7 Å². The van der Waals surface area contributed by atoms with E-state index in [2.05, 4.69) is 32.6 Å². The third-order valence-electron chi connectivity index (χ3n) is 2.77. The van der Waals surface area contributed by atoms with Crippen molar-refractivity contribution in [3.63, 3.8) is 0 Å². The van der Waals surface area contributed by atoms with Gasteiger partial charge in [-0.05, 0) is 20.3 Å². The maximum absolute atomic E-state index is 4.45. The highest BCUT2D eigenvalue weighted by atomic mass is 15.3. The summed E-state index contributed by atoms with van der Waals surface area (Å²) in [7, 11) is 1.89. The fourth-order valence-corrected chi connectivity index (χ4v) is 1.79. The molecule has 2 aromatic rings. The molecule has 2 heterocycles. The van der Waals surface area contributed by atoms with Gasteiger partial charge in [-0.1, -0.05) is 6.92 Å². The zero-order valence-corrected chi connectivity index (χ0v) is 11.9. The molecular weight excluding hydrogens is 240 g/mol. The summed E-state index contributed by atoms with van der Waals surface area (Å²) < 4.78 is 1.75. The second kappa shape index (κ2) is 5.69. The van der Waals surface area contributed by atoms with Crippen molar-refractivity contribution < 1.29 is 0 Å². The molecule has 0 aliphatic rings. The number of nitrogens with zero attached hydrogens (tertiary/aromatic N) is 4. The van der Waals surface area contributed by atoms with Gasteiger partial charge in [0.05, 0.1) is 11.9 Å². The molecule has 102 valence electrons. The van der Waals surface area contributed by atoms with E-state index in [0.717, 1.165) is 41.7 Å². The summed E-state index contributed by atoms with van der Waals surface area (Å²) >= 11 is 0. The van der Waals surface area contributed by atoms with Gasteiger partial charge in [0.2, 0.25) is 0 Å². The molecule has 0 aromatic carbocycles. The van der Waals surface area contributed by atoms with Gasteiger partial charge in [0, 0.05) is 25.4 Å². The van der Waals surface area contributed by atoms with Crippen molar-refractivity contribution >= 4 is 17.3 Å². The van der Waals surface area contributed by atoms with Crippen molar-refractivity contribution in [3.05, 3.63) is 23.8 Å². The molecule has 0 aliphatic carbocycles. The Morgan fingerprint density at radius 1 is 1.21 bits per heavy atom. The Morgan fingerprint density at radius 3 is 2.58 bits per heavy atom. The maximum atomic E-state index is 4.45. The third kappa shape index (κ3) is 3.21. The van der Waals surface area contributed by atoms with Crippen LogP contribution in [0.25, 0.3) is 0 Å². The number of hydrogen-bond donors (Lipinski definition) is 2. The quantitative estimate of drug-likeness (QED) is 0.864. The molecule has 0 aliphatic heterocycles. The summed E-state index contributed by atoms with van der Waals surface area (Å²) in [6.07, 6.45) is 4.75. The number of aromatic nitrogens is 4. The minimum Gasteiger partial charge on any atom is -0.370 e. The number of aryl methyl sites for hydroxylation is 2. The number of nitrogens with one attached hydrogen (secondary N) is 2. The molecule has 0 bridgehead atoms. The standard InChI is InChI=1S/C13H20N6/c1-5-6-14-12-9(2)13(17-10(3)16-12)18-11-7-15-19(4)8-11/h7-8H,5-6H2,1-4H3,(H2,14,16,17,18). The molecule has 0 atom stereocenters. The van der Waals surface area contributed by atoms with Gasteiger partial charge in [-0.2, -0.15) is 5.10 Å². The minimum atomic E-state index is 0.746. The van der Waals surface area contributed by atoms with E-state index >= 15 is 0 Å². The van der Waals surface area contributed by atoms with Gasteiger partial charge in [-0.15, -0.1) is 0 Å². The molecule has 0 fully saturated rings. The van der Waals surface area contributed by atoms with E-state index in [9.17, 15) is 0 Å². The van der Waals surface area contributed by atoms with Crippen molar-refractivity contribution in [2.24, 2.45) is 7.05 Å². The first-order valence-electron chi connectivity index (χ1n) is 6.45. The van der Waals surface area contributed by atoms with Crippen LogP contribution in [0.2, 0.25) is 0 Å². The predicted molar refractivity (Wildman–Crippen MR) is 76.8 cm³/mol. The lowest BCUT2D eigenvalue weighted by molar-refractivity contribution is 0.768. The molecule has 0 saturated carbocycles. The number of rotatable bonds is 5. The minimum absolute atomic E-state index is 0.746. The molecule has 0 unspecified atom stereocenters. The van der Waals surface area contributed by atoms with Crippen LogP contribution >= 0.6 is 0 Å². The van der Waals surface area contributed by atoms with Gasteiger partial charge in [0.25, 0.3) is 0 Å². The average molecular weight is 260 g/mol. The zero-order valence-electron chi connectivity index (χ0n) is 11.9. The van der Waals surface area contributed by atoms with Crippen LogP contribution in [0.3, 0.4) is 0 Å². The summed E-state index contributed by atoms with van der Waals surface area (Å²) in [5, 5.41) is 10.7. The Balaban J connectivity index is 2.26. The molecule has 2 aromatic heterocycles.